The van der Waals surface area contributed by atoms with Crippen molar-refractivity contribution in [2.75, 3.05) is 6.61 Å². The molecule has 2 aliphatic rings. The van der Waals surface area contributed by atoms with Crippen molar-refractivity contribution in [3.63, 3.8) is 0 Å². The van der Waals surface area contributed by atoms with Crippen molar-refractivity contribution in [3.05, 3.63) is 33.5 Å². The number of nitro groups is 1. The molecule has 0 aromatic carbocycles. The molecule has 2 rings (SSSR count). The molecule has 0 bridgehead atoms. The van der Waals surface area contributed by atoms with Crippen LogP contribution in [0.15, 0.2) is 28.4 Å². The van der Waals surface area contributed by atoms with Gasteiger partial charge in [-0.25, -0.2) is 9.38 Å². The molecule has 20 heavy (non-hydrogen) atoms. The van der Waals surface area contributed by atoms with Gasteiger partial charge in [-0.1, -0.05) is 0 Å². The molecule has 0 amide bonds. The van der Waals surface area contributed by atoms with E-state index in [1.807, 2.05) is 0 Å². The van der Waals surface area contributed by atoms with E-state index in [-0.39, 0.29) is 6.42 Å². The quantitative estimate of drug-likeness (QED) is 0.617. The van der Waals surface area contributed by atoms with Crippen molar-refractivity contribution in [3.8, 4) is 0 Å². The van der Waals surface area contributed by atoms with E-state index in [1.165, 1.54) is 0 Å². The van der Waals surface area contributed by atoms with Gasteiger partial charge in [-0.15, -0.1) is 0 Å². The Morgan fingerprint density at radius 2 is 2.25 bits per heavy atom. The number of rotatable bonds is 2. The minimum absolute atomic E-state index is 0.357. The van der Waals surface area contributed by atoms with Gasteiger partial charge in [0.2, 0.25) is 0 Å². The summed E-state index contributed by atoms with van der Waals surface area (Å²) >= 11 is 0. The molecular formula is C11H12F3N3O3. The molecule has 2 N–H and O–H groups in total. The first-order valence-electron chi connectivity index (χ1n) is 5.74. The topological polar surface area (TPSA) is 90.8 Å². The molecule has 0 fully saturated rings. The van der Waals surface area contributed by atoms with Crippen molar-refractivity contribution in [1.82, 2.24) is 0 Å². The average Bonchev–Trinajstić information content (AvgIpc) is 2.35. The van der Waals surface area contributed by atoms with Crippen LogP contribution in [0, 0.1) is 10.1 Å². The van der Waals surface area contributed by atoms with Crippen molar-refractivity contribution in [2.24, 2.45) is 10.7 Å². The van der Waals surface area contributed by atoms with E-state index >= 15 is 0 Å². The first-order chi connectivity index (χ1) is 9.17. The second-order valence-electron chi connectivity index (χ2n) is 4.70. The van der Waals surface area contributed by atoms with Crippen LogP contribution >= 0.6 is 0 Å². The maximum Gasteiger partial charge on any atom is 0.309 e. The molecule has 110 valence electrons. The van der Waals surface area contributed by atoms with Crippen LogP contribution in [-0.4, -0.2) is 35.2 Å². The second kappa shape index (κ2) is 4.50. The third-order valence-electron chi connectivity index (χ3n) is 3.40. The number of nitrogens with two attached hydrogens (primary N) is 1. The Morgan fingerprint density at radius 3 is 2.85 bits per heavy atom. The van der Waals surface area contributed by atoms with Gasteiger partial charge < -0.3 is 10.5 Å². The number of halogens is 3. The van der Waals surface area contributed by atoms with Gasteiger partial charge in [0.15, 0.2) is 12.1 Å². The van der Waals surface area contributed by atoms with Gasteiger partial charge in [0.25, 0.3) is 11.7 Å². The fraction of sp³-hybridized carbons (Fsp3) is 0.545. The first kappa shape index (κ1) is 14.4. The molecule has 1 heterocycles. The number of hydrogen-bond donors (Lipinski definition) is 1. The molecule has 9 heteroatoms. The molecule has 0 radical (unpaired) electrons. The van der Waals surface area contributed by atoms with Gasteiger partial charge in [-0.2, -0.15) is 8.78 Å². The van der Waals surface area contributed by atoms with E-state index in [1.54, 1.807) is 0 Å². The maximum absolute atomic E-state index is 14.0. The predicted molar refractivity (Wildman–Crippen MR) is 63.6 cm³/mol. The molecule has 0 aromatic heterocycles. The lowest BCUT2D eigenvalue weighted by molar-refractivity contribution is -0.419. The van der Waals surface area contributed by atoms with E-state index < -0.39 is 46.5 Å². The summed E-state index contributed by atoms with van der Waals surface area (Å²) in [6.45, 7) is -0.0654. The van der Waals surface area contributed by atoms with Gasteiger partial charge in [0, 0.05) is 18.1 Å². The van der Waals surface area contributed by atoms with Crippen LogP contribution < -0.4 is 5.73 Å². The highest BCUT2D eigenvalue weighted by Crippen LogP contribution is 2.44. The van der Waals surface area contributed by atoms with Crippen LogP contribution in [0.5, 0.6) is 0 Å². The van der Waals surface area contributed by atoms with E-state index in [9.17, 15) is 23.3 Å². The van der Waals surface area contributed by atoms with Crippen LogP contribution in [0.3, 0.4) is 0 Å². The Kier molecular flexibility index (Phi) is 3.23. The zero-order valence-corrected chi connectivity index (χ0v) is 10.5. The highest BCUT2D eigenvalue weighted by atomic mass is 19.3. The summed E-state index contributed by atoms with van der Waals surface area (Å²) in [6, 6.07) is -0.497. The number of ether oxygens (including phenoxy) is 1. The molecule has 2 atom stereocenters. The molecule has 0 aromatic rings. The van der Waals surface area contributed by atoms with E-state index in [0.29, 0.717) is 0 Å². The molecule has 6 nitrogen and oxygen atoms in total. The summed E-state index contributed by atoms with van der Waals surface area (Å²) in [7, 11) is 0. The lowest BCUT2D eigenvalue weighted by atomic mass is 9.79. The molecule has 1 aliphatic heterocycles. The monoisotopic (exact) mass is 291 g/mol. The lowest BCUT2D eigenvalue weighted by Gasteiger charge is -2.40. The molecular weight excluding hydrogens is 279 g/mol. The molecule has 0 saturated carbocycles. The summed E-state index contributed by atoms with van der Waals surface area (Å²) in [5.41, 5.74) is 2.06. The summed E-state index contributed by atoms with van der Waals surface area (Å²) in [5, 5.41) is 10.7. The zero-order valence-electron chi connectivity index (χ0n) is 10.5. The largest absolute Gasteiger partial charge is 0.459 e. The Labute approximate surface area is 111 Å². The van der Waals surface area contributed by atoms with E-state index in [0.717, 1.165) is 19.1 Å². The Bertz CT molecular complexity index is 544. The van der Waals surface area contributed by atoms with Crippen molar-refractivity contribution < 1.29 is 22.8 Å². The number of hydrogen-bond acceptors (Lipinski definition) is 5. The normalized spacial score (nSPS) is 32.6. The van der Waals surface area contributed by atoms with Crippen molar-refractivity contribution in [1.29, 1.82) is 0 Å². The van der Waals surface area contributed by atoms with Crippen LogP contribution in [0.25, 0.3) is 0 Å². The van der Waals surface area contributed by atoms with Crippen LogP contribution in [-0.2, 0) is 4.74 Å². The van der Waals surface area contributed by atoms with Gasteiger partial charge in [-0.3, -0.25) is 10.1 Å². The Morgan fingerprint density at radius 1 is 1.60 bits per heavy atom. The third-order valence-corrected chi connectivity index (χ3v) is 3.40. The second-order valence-corrected chi connectivity index (χ2v) is 4.70. The number of nitrogens with zero attached hydrogens (tertiary/aromatic N) is 2. The van der Waals surface area contributed by atoms with Crippen LogP contribution in [0.2, 0.25) is 0 Å². The van der Waals surface area contributed by atoms with Crippen LogP contribution in [0.4, 0.5) is 13.2 Å². The molecule has 0 saturated heterocycles. The smallest absolute Gasteiger partial charge is 0.309 e. The van der Waals surface area contributed by atoms with Crippen molar-refractivity contribution >= 4 is 6.02 Å². The number of alkyl halides is 3. The Balaban J connectivity index is 2.54. The van der Waals surface area contributed by atoms with Crippen LogP contribution in [0.1, 0.15) is 13.3 Å². The number of aliphatic imine (C=N–C) groups is 1. The minimum atomic E-state index is -3.52. The summed E-state index contributed by atoms with van der Waals surface area (Å²) in [4.78, 5) is 13.5. The third kappa shape index (κ3) is 2.12. The lowest BCUT2D eigenvalue weighted by Crippen LogP contribution is -2.55. The predicted octanol–water partition coefficient (Wildman–Crippen LogP) is 1.55. The minimum Gasteiger partial charge on any atom is -0.459 e. The fourth-order valence-electron chi connectivity index (χ4n) is 2.15. The zero-order chi connectivity index (χ0) is 15.1. The SMILES string of the molecule is CC1(C2=CC([N+](=O)[O-])=CCC2F)N=C(N)OCC1(F)F. The average molecular weight is 291 g/mol. The summed E-state index contributed by atoms with van der Waals surface area (Å²) in [6.07, 6.45) is -0.305. The fourth-order valence-corrected chi connectivity index (χ4v) is 2.15. The molecule has 2 unspecified atom stereocenters. The number of amidine groups is 1. The molecule has 1 aliphatic carbocycles. The maximum atomic E-state index is 14.0. The summed E-state index contributed by atoms with van der Waals surface area (Å²) in [5.74, 6) is -3.52. The number of allylic oxidation sites excluding steroid dienone is 2. The van der Waals surface area contributed by atoms with Crippen molar-refractivity contribution in [2.45, 2.75) is 31.0 Å². The Hall–Kier alpha value is -2.06. The first-order valence-corrected chi connectivity index (χ1v) is 5.74. The summed E-state index contributed by atoms with van der Waals surface area (Å²) < 4.78 is 46.5. The van der Waals surface area contributed by atoms with E-state index in [4.69, 9.17) is 5.73 Å². The standard InChI is InChI=1S/C11H12F3N3O3/c1-10(11(13,14)5-20-9(15)16-10)7-4-6(17(18)19)2-3-8(7)12/h2,4,8H,3,5H2,1H3,(H2,15,16). The van der Waals surface area contributed by atoms with Gasteiger partial charge >= 0.3 is 5.92 Å². The van der Waals surface area contributed by atoms with Gasteiger partial charge in [-0.05, 0) is 13.0 Å². The van der Waals surface area contributed by atoms with Gasteiger partial charge in [0.05, 0.1) is 4.92 Å². The van der Waals surface area contributed by atoms with Gasteiger partial charge in [0.1, 0.15) is 6.17 Å². The highest BCUT2D eigenvalue weighted by Gasteiger charge is 2.58. The highest BCUT2D eigenvalue weighted by molar-refractivity contribution is 5.73. The molecule has 0 spiro atoms. The van der Waals surface area contributed by atoms with E-state index in [2.05, 4.69) is 9.73 Å².